The summed E-state index contributed by atoms with van der Waals surface area (Å²) in [7, 11) is 0. The maximum absolute atomic E-state index is 12.8. The minimum Gasteiger partial charge on any atom is -0.478 e. The van der Waals surface area contributed by atoms with E-state index in [0.29, 0.717) is 24.5 Å². The zero-order valence-electron chi connectivity index (χ0n) is 17.5. The van der Waals surface area contributed by atoms with Crippen LogP contribution in [-0.4, -0.2) is 22.0 Å². The number of pyridine rings is 1. The number of para-hydroxylation sites is 1. The molecular weight excluding hydrogens is 438 g/mol. The Morgan fingerprint density at radius 1 is 0.909 bits per heavy atom. The number of aromatic carboxylic acids is 1. The van der Waals surface area contributed by atoms with E-state index in [9.17, 15) is 9.59 Å². The molecule has 0 saturated carbocycles. The number of ether oxygens (including phenoxy) is 1. The van der Waals surface area contributed by atoms with Crippen LogP contribution in [0.15, 0.2) is 85.1 Å². The molecule has 0 bridgehead atoms. The molecule has 0 fully saturated rings. The van der Waals surface area contributed by atoms with Crippen LogP contribution in [0.25, 0.3) is 0 Å². The molecule has 0 atom stereocenters. The first kappa shape index (κ1) is 22.0. The van der Waals surface area contributed by atoms with Crippen LogP contribution < -0.4 is 15.4 Å². The van der Waals surface area contributed by atoms with Crippen LogP contribution in [0.4, 0.5) is 5.82 Å². The molecule has 166 valence electrons. The number of amides is 1. The average Bonchev–Trinajstić information content (AvgIpc) is 3.29. The molecular formula is C25H21N3O4S. The Hall–Kier alpha value is -4.17. The van der Waals surface area contributed by atoms with Crippen LogP contribution in [0.1, 0.15) is 31.2 Å². The molecule has 0 saturated heterocycles. The van der Waals surface area contributed by atoms with Gasteiger partial charge in [-0.1, -0.05) is 30.3 Å². The molecule has 0 aliphatic heterocycles. The Kier molecular flexibility index (Phi) is 6.96. The number of hydrogen-bond donors (Lipinski definition) is 3. The van der Waals surface area contributed by atoms with Crippen molar-refractivity contribution >= 4 is 29.0 Å². The van der Waals surface area contributed by atoms with Gasteiger partial charge in [-0.3, -0.25) is 4.79 Å². The predicted octanol–water partition coefficient (Wildman–Crippen LogP) is 5.18. The summed E-state index contributed by atoms with van der Waals surface area (Å²) in [6, 6.07) is 23.3. The smallest absolute Gasteiger partial charge is 0.335 e. The maximum Gasteiger partial charge on any atom is 0.335 e. The summed E-state index contributed by atoms with van der Waals surface area (Å²) in [4.78, 5) is 29.0. The minimum absolute atomic E-state index is 0.225. The molecule has 0 aliphatic rings. The van der Waals surface area contributed by atoms with Crippen molar-refractivity contribution in [3.8, 4) is 10.8 Å². The third-order valence-electron chi connectivity index (χ3n) is 4.74. The fourth-order valence-corrected chi connectivity index (χ4v) is 3.87. The zero-order chi connectivity index (χ0) is 23.0. The van der Waals surface area contributed by atoms with E-state index in [2.05, 4.69) is 15.6 Å². The summed E-state index contributed by atoms with van der Waals surface area (Å²) in [6.07, 6.45) is 1.61. The molecule has 1 amide bonds. The highest BCUT2D eigenvalue weighted by Crippen LogP contribution is 2.29. The van der Waals surface area contributed by atoms with Crippen molar-refractivity contribution in [1.82, 2.24) is 10.3 Å². The quantitative estimate of drug-likeness (QED) is 0.319. The number of thiophene rings is 1. The van der Waals surface area contributed by atoms with Gasteiger partial charge in [-0.05, 0) is 54.1 Å². The number of carboxylic acid groups (broad SMARTS) is 1. The number of anilines is 1. The van der Waals surface area contributed by atoms with Crippen molar-refractivity contribution in [3.05, 3.63) is 107 Å². The molecule has 4 aromatic rings. The fraction of sp³-hybridized carbons (Fsp3) is 0.0800. The lowest BCUT2D eigenvalue weighted by molar-refractivity contribution is 0.0696. The van der Waals surface area contributed by atoms with Gasteiger partial charge in [0, 0.05) is 17.6 Å². The monoisotopic (exact) mass is 459 g/mol. The van der Waals surface area contributed by atoms with Crippen LogP contribution in [-0.2, 0) is 13.1 Å². The first-order valence-electron chi connectivity index (χ1n) is 10.2. The van der Waals surface area contributed by atoms with Crippen molar-refractivity contribution in [3.63, 3.8) is 0 Å². The summed E-state index contributed by atoms with van der Waals surface area (Å²) >= 11 is 1.47. The van der Waals surface area contributed by atoms with Gasteiger partial charge < -0.3 is 20.5 Å². The van der Waals surface area contributed by atoms with E-state index < -0.39 is 5.97 Å². The number of carboxylic acids is 1. The molecule has 8 heteroatoms. The van der Waals surface area contributed by atoms with Crippen LogP contribution in [0, 0.1) is 0 Å². The molecule has 0 unspecified atom stereocenters. The van der Waals surface area contributed by atoms with Crippen LogP contribution >= 0.6 is 11.3 Å². The molecule has 2 heterocycles. The Bertz CT molecular complexity index is 1240. The van der Waals surface area contributed by atoms with Gasteiger partial charge in [0.2, 0.25) is 0 Å². The summed E-state index contributed by atoms with van der Waals surface area (Å²) in [5.41, 5.74) is 1.53. The lowest BCUT2D eigenvalue weighted by atomic mass is 10.1. The lowest BCUT2D eigenvalue weighted by Crippen LogP contribution is -2.24. The summed E-state index contributed by atoms with van der Waals surface area (Å²) in [5.74, 6) is 0.00337. The third-order valence-corrected chi connectivity index (χ3v) is 5.70. The van der Waals surface area contributed by atoms with Crippen molar-refractivity contribution in [2.45, 2.75) is 13.1 Å². The topological polar surface area (TPSA) is 101 Å². The SMILES string of the molecule is O=C(O)c1ccc(CNc2ncccc2C(=O)NCc2ccc(Oc3ccccc3)s2)cc1. The molecule has 0 radical (unpaired) electrons. The first-order chi connectivity index (χ1) is 16.1. The number of carbonyl (C=O) groups excluding carboxylic acids is 1. The number of nitrogens with one attached hydrogen (secondary N) is 2. The largest absolute Gasteiger partial charge is 0.478 e. The second-order valence-electron chi connectivity index (χ2n) is 7.07. The van der Waals surface area contributed by atoms with E-state index in [1.807, 2.05) is 42.5 Å². The zero-order valence-corrected chi connectivity index (χ0v) is 18.3. The van der Waals surface area contributed by atoms with Gasteiger partial charge in [0.15, 0.2) is 5.06 Å². The van der Waals surface area contributed by atoms with E-state index in [-0.39, 0.29) is 11.5 Å². The minimum atomic E-state index is -0.970. The highest BCUT2D eigenvalue weighted by molar-refractivity contribution is 7.13. The Morgan fingerprint density at radius 3 is 2.45 bits per heavy atom. The lowest BCUT2D eigenvalue weighted by Gasteiger charge is -2.11. The number of hydrogen-bond acceptors (Lipinski definition) is 6. The molecule has 33 heavy (non-hydrogen) atoms. The van der Waals surface area contributed by atoms with Gasteiger partial charge in [-0.25, -0.2) is 9.78 Å². The normalized spacial score (nSPS) is 10.4. The number of aromatic nitrogens is 1. The van der Waals surface area contributed by atoms with Gasteiger partial charge in [0.05, 0.1) is 17.7 Å². The maximum atomic E-state index is 12.8. The van der Waals surface area contributed by atoms with Crippen LogP contribution in [0.2, 0.25) is 0 Å². The standard InChI is InChI=1S/C25H21N3O4S/c29-24(28-16-20-12-13-22(33-20)32-19-5-2-1-3-6-19)21-7-4-14-26-23(21)27-15-17-8-10-18(11-9-17)25(30)31/h1-14H,15-16H2,(H,26,27)(H,28,29)(H,30,31). The number of rotatable bonds is 9. The number of benzene rings is 2. The highest BCUT2D eigenvalue weighted by atomic mass is 32.1. The van der Waals surface area contributed by atoms with Gasteiger partial charge in [0.1, 0.15) is 11.6 Å². The molecule has 2 aromatic heterocycles. The number of carbonyl (C=O) groups is 2. The Morgan fingerprint density at radius 2 is 1.70 bits per heavy atom. The van der Waals surface area contributed by atoms with E-state index in [1.165, 1.54) is 11.3 Å². The fourth-order valence-electron chi connectivity index (χ4n) is 3.06. The second kappa shape index (κ2) is 10.4. The van der Waals surface area contributed by atoms with Crippen molar-refractivity contribution in [2.75, 3.05) is 5.32 Å². The Balaban J connectivity index is 1.34. The predicted molar refractivity (Wildman–Crippen MR) is 127 cm³/mol. The van der Waals surface area contributed by atoms with Crippen LogP contribution in [0.5, 0.6) is 10.8 Å². The van der Waals surface area contributed by atoms with Gasteiger partial charge >= 0.3 is 5.97 Å². The Labute approximate surface area is 194 Å². The summed E-state index contributed by atoms with van der Waals surface area (Å²) in [6.45, 7) is 0.773. The second-order valence-corrected chi connectivity index (χ2v) is 8.20. The molecule has 4 rings (SSSR count). The van der Waals surface area contributed by atoms with E-state index in [0.717, 1.165) is 21.3 Å². The molecule has 0 aliphatic carbocycles. The van der Waals surface area contributed by atoms with Crippen LogP contribution in [0.3, 0.4) is 0 Å². The van der Waals surface area contributed by atoms with Crippen molar-refractivity contribution < 1.29 is 19.4 Å². The van der Waals surface area contributed by atoms with Gasteiger partial charge in [-0.15, -0.1) is 11.3 Å². The molecule has 2 aromatic carbocycles. The number of nitrogens with zero attached hydrogens (tertiary/aromatic N) is 1. The van der Waals surface area contributed by atoms with Gasteiger partial charge in [-0.2, -0.15) is 0 Å². The first-order valence-corrected chi connectivity index (χ1v) is 11.0. The molecule has 0 spiro atoms. The third kappa shape index (κ3) is 5.96. The van der Waals surface area contributed by atoms with E-state index >= 15 is 0 Å². The van der Waals surface area contributed by atoms with Crippen molar-refractivity contribution in [2.24, 2.45) is 0 Å². The molecule has 7 nitrogen and oxygen atoms in total. The van der Waals surface area contributed by atoms with Crippen molar-refractivity contribution in [1.29, 1.82) is 0 Å². The summed E-state index contributed by atoms with van der Waals surface area (Å²) in [5, 5.41) is 15.8. The molecule has 3 N–H and O–H groups in total. The van der Waals surface area contributed by atoms with Gasteiger partial charge in [0.25, 0.3) is 5.91 Å². The average molecular weight is 460 g/mol. The summed E-state index contributed by atoms with van der Waals surface area (Å²) < 4.78 is 5.82. The highest BCUT2D eigenvalue weighted by Gasteiger charge is 2.13. The van der Waals surface area contributed by atoms with E-state index in [4.69, 9.17) is 9.84 Å². The van der Waals surface area contributed by atoms with E-state index in [1.54, 1.807) is 42.6 Å².